The van der Waals surface area contributed by atoms with E-state index in [-0.39, 0.29) is 23.3 Å². The molecule has 0 heterocycles. The van der Waals surface area contributed by atoms with Crippen LogP contribution in [0.25, 0.3) is 5.57 Å². The van der Waals surface area contributed by atoms with Crippen LogP contribution in [0, 0.1) is 11.6 Å². The topological polar surface area (TPSA) is 26.3 Å². The number of esters is 1. The monoisotopic (exact) mass is 298 g/mol. The number of hydrogen-bond acceptors (Lipinski definition) is 2. The molecule has 21 heavy (non-hydrogen) atoms. The molecular weight excluding hydrogens is 281 g/mol. The van der Waals surface area contributed by atoms with Gasteiger partial charge in [0.05, 0.1) is 0 Å². The number of hydrogen-bond donors (Lipinski definition) is 0. The number of benzene rings is 1. The molecule has 0 N–H and O–H groups in total. The summed E-state index contributed by atoms with van der Waals surface area (Å²) in [5.41, 5.74) is 0.560. The summed E-state index contributed by atoms with van der Waals surface area (Å²) in [4.78, 5) is 10.8. The van der Waals surface area contributed by atoms with Gasteiger partial charge in [-0.05, 0) is 29.7 Å². The van der Waals surface area contributed by atoms with Crippen LogP contribution in [0.4, 0.5) is 13.2 Å². The van der Waals surface area contributed by atoms with Crippen LogP contribution in [0.3, 0.4) is 0 Å². The van der Waals surface area contributed by atoms with E-state index < -0.39 is 23.4 Å². The van der Waals surface area contributed by atoms with Gasteiger partial charge in [0.1, 0.15) is 11.6 Å². The molecule has 0 unspecified atom stereocenters. The second-order valence-corrected chi connectivity index (χ2v) is 4.16. The Labute approximate surface area is 121 Å². The Balaban J connectivity index is 0.00000106. The lowest BCUT2D eigenvalue weighted by atomic mass is 9.95. The summed E-state index contributed by atoms with van der Waals surface area (Å²) >= 11 is 0. The van der Waals surface area contributed by atoms with E-state index >= 15 is 0 Å². The maximum absolute atomic E-state index is 13.9. The first-order valence-corrected chi connectivity index (χ1v) is 6.70. The summed E-state index contributed by atoms with van der Waals surface area (Å²) in [6.45, 7) is 5.23. The normalized spacial score (nSPS) is 14.1. The first-order valence-electron chi connectivity index (χ1n) is 6.70. The van der Waals surface area contributed by atoms with Gasteiger partial charge in [-0.25, -0.2) is 13.2 Å². The molecule has 1 aliphatic carbocycles. The number of halogens is 3. The zero-order valence-electron chi connectivity index (χ0n) is 12.2. The zero-order valence-corrected chi connectivity index (χ0v) is 12.2. The fourth-order valence-electron chi connectivity index (χ4n) is 1.90. The molecule has 0 spiro atoms. The molecule has 2 nitrogen and oxygen atoms in total. The summed E-state index contributed by atoms with van der Waals surface area (Å²) in [5.74, 6) is -2.88. The van der Waals surface area contributed by atoms with E-state index in [9.17, 15) is 18.0 Å². The molecule has 1 aliphatic rings. The van der Waals surface area contributed by atoms with Crippen LogP contribution in [-0.4, -0.2) is 5.97 Å². The van der Waals surface area contributed by atoms with Crippen LogP contribution in [0.1, 0.15) is 39.2 Å². The third-order valence-corrected chi connectivity index (χ3v) is 2.74. The standard InChI is InChI=1S/C14H11F3O2.C2H6/c1-8(18)19-10-3-4-11(13(16)7-10)9-2-5-12(15)14(17)6-9;1-2/h2,5-7H,3-4H2,1H3;1-2H3. The van der Waals surface area contributed by atoms with Gasteiger partial charge in [0.15, 0.2) is 11.6 Å². The maximum Gasteiger partial charge on any atom is 0.307 e. The van der Waals surface area contributed by atoms with Crippen LogP contribution < -0.4 is 0 Å². The average Bonchev–Trinajstić information content (AvgIpc) is 2.44. The molecule has 0 bridgehead atoms. The maximum atomic E-state index is 13.9. The first-order chi connectivity index (χ1) is 9.97. The Hall–Kier alpha value is -2.04. The molecule has 0 fully saturated rings. The second kappa shape index (κ2) is 7.67. The van der Waals surface area contributed by atoms with Crippen molar-refractivity contribution in [3.63, 3.8) is 0 Å². The van der Waals surface area contributed by atoms with E-state index in [2.05, 4.69) is 0 Å². The third-order valence-electron chi connectivity index (χ3n) is 2.74. The summed E-state index contributed by atoms with van der Waals surface area (Å²) in [7, 11) is 0. The zero-order chi connectivity index (χ0) is 16.0. The Bertz CT molecular complexity index is 589. The van der Waals surface area contributed by atoms with Gasteiger partial charge in [-0.1, -0.05) is 19.9 Å². The summed E-state index contributed by atoms with van der Waals surface area (Å²) in [5, 5.41) is 0. The summed E-state index contributed by atoms with van der Waals surface area (Å²) in [6.07, 6.45) is 1.69. The summed E-state index contributed by atoms with van der Waals surface area (Å²) < 4.78 is 44.6. The van der Waals surface area contributed by atoms with Crippen LogP contribution >= 0.6 is 0 Å². The minimum Gasteiger partial charge on any atom is -0.431 e. The van der Waals surface area contributed by atoms with Gasteiger partial charge < -0.3 is 4.74 Å². The minimum absolute atomic E-state index is 0.233. The van der Waals surface area contributed by atoms with E-state index in [1.165, 1.54) is 13.0 Å². The molecule has 1 aromatic rings. The van der Waals surface area contributed by atoms with Crippen molar-refractivity contribution in [1.29, 1.82) is 0 Å². The predicted octanol–water partition coefficient (Wildman–Crippen LogP) is 4.91. The van der Waals surface area contributed by atoms with Gasteiger partial charge in [-0.2, -0.15) is 0 Å². The first kappa shape index (κ1) is 17.0. The average molecular weight is 298 g/mol. The molecule has 0 aromatic heterocycles. The van der Waals surface area contributed by atoms with Gasteiger partial charge in [-0.15, -0.1) is 0 Å². The van der Waals surface area contributed by atoms with Crippen molar-refractivity contribution in [2.45, 2.75) is 33.6 Å². The number of carbonyl (C=O) groups excluding carboxylic acids is 1. The molecule has 0 radical (unpaired) electrons. The largest absolute Gasteiger partial charge is 0.431 e. The highest BCUT2D eigenvalue weighted by Gasteiger charge is 2.18. The molecule has 5 heteroatoms. The van der Waals surface area contributed by atoms with E-state index in [4.69, 9.17) is 4.74 Å². The van der Waals surface area contributed by atoms with E-state index in [0.29, 0.717) is 6.42 Å². The predicted molar refractivity (Wildman–Crippen MR) is 74.8 cm³/mol. The molecule has 0 aliphatic heterocycles. The highest BCUT2D eigenvalue weighted by atomic mass is 19.2. The van der Waals surface area contributed by atoms with Crippen molar-refractivity contribution in [1.82, 2.24) is 0 Å². The molecule has 1 aromatic carbocycles. The number of rotatable bonds is 2. The van der Waals surface area contributed by atoms with Crippen molar-refractivity contribution >= 4 is 11.5 Å². The number of allylic oxidation sites excluding steroid dienone is 4. The Morgan fingerprint density at radius 3 is 2.29 bits per heavy atom. The smallest absolute Gasteiger partial charge is 0.307 e. The Morgan fingerprint density at radius 1 is 1.10 bits per heavy atom. The number of carbonyl (C=O) groups is 1. The lowest BCUT2D eigenvalue weighted by Gasteiger charge is -2.16. The molecule has 0 amide bonds. The van der Waals surface area contributed by atoms with E-state index in [1.54, 1.807) is 0 Å². The molecule has 114 valence electrons. The Morgan fingerprint density at radius 2 is 1.76 bits per heavy atom. The van der Waals surface area contributed by atoms with Gasteiger partial charge in [0, 0.05) is 19.4 Å². The van der Waals surface area contributed by atoms with Crippen LogP contribution in [0.5, 0.6) is 0 Å². The van der Waals surface area contributed by atoms with E-state index in [0.717, 1.165) is 18.2 Å². The van der Waals surface area contributed by atoms with Crippen molar-refractivity contribution < 1.29 is 22.7 Å². The lowest BCUT2D eigenvalue weighted by Crippen LogP contribution is -2.04. The van der Waals surface area contributed by atoms with Gasteiger partial charge >= 0.3 is 5.97 Å². The molecule has 0 saturated carbocycles. The third kappa shape index (κ3) is 4.48. The van der Waals surface area contributed by atoms with Crippen LogP contribution in [0.15, 0.2) is 35.9 Å². The highest BCUT2D eigenvalue weighted by molar-refractivity contribution is 5.72. The fraction of sp³-hybridized carbons (Fsp3) is 0.312. The van der Waals surface area contributed by atoms with Crippen molar-refractivity contribution in [2.75, 3.05) is 0 Å². The van der Waals surface area contributed by atoms with Crippen molar-refractivity contribution in [3.05, 3.63) is 53.1 Å². The van der Waals surface area contributed by atoms with Gasteiger partial charge in [-0.3, -0.25) is 4.79 Å². The highest BCUT2D eigenvalue weighted by Crippen LogP contribution is 2.33. The second-order valence-electron chi connectivity index (χ2n) is 4.16. The van der Waals surface area contributed by atoms with E-state index in [1.807, 2.05) is 13.8 Å². The molecule has 2 rings (SSSR count). The van der Waals surface area contributed by atoms with Crippen LogP contribution in [-0.2, 0) is 9.53 Å². The molecule has 0 atom stereocenters. The van der Waals surface area contributed by atoms with Crippen LogP contribution in [0.2, 0.25) is 0 Å². The fourth-order valence-corrected chi connectivity index (χ4v) is 1.90. The van der Waals surface area contributed by atoms with Crippen molar-refractivity contribution in [2.24, 2.45) is 0 Å². The number of ether oxygens (including phenoxy) is 1. The molecule has 0 saturated heterocycles. The quantitative estimate of drug-likeness (QED) is 0.725. The minimum atomic E-state index is -1.02. The molecular formula is C16H17F3O2. The Kier molecular flexibility index (Phi) is 6.21. The van der Waals surface area contributed by atoms with Crippen molar-refractivity contribution in [3.8, 4) is 0 Å². The van der Waals surface area contributed by atoms with Gasteiger partial charge in [0.25, 0.3) is 0 Å². The lowest BCUT2D eigenvalue weighted by molar-refractivity contribution is -0.137. The summed E-state index contributed by atoms with van der Waals surface area (Å²) in [6, 6.07) is 3.23. The SMILES string of the molecule is CC.CC(=O)OC1=CC(F)=C(c2ccc(F)c(F)c2)CC1. The van der Waals surface area contributed by atoms with Gasteiger partial charge in [0.2, 0.25) is 0 Å².